The summed E-state index contributed by atoms with van der Waals surface area (Å²) in [4.78, 5) is 2.64. The van der Waals surface area contributed by atoms with Crippen molar-refractivity contribution in [2.45, 2.75) is 65.5 Å². The van der Waals surface area contributed by atoms with Gasteiger partial charge in [0.2, 0.25) is 0 Å². The molecular formula is C20H33NO. The number of hydrogen-bond acceptors (Lipinski definition) is 2. The second-order valence-electron chi connectivity index (χ2n) is 6.05. The third-order valence-corrected chi connectivity index (χ3v) is 4.52. The minimum atomic E-state index is 0.664. The van der Waals surface area contributed by atoms with Crippen LogP contribution in [-0.4, -0.2) is 30.1 Å². The van der Waals surface area contributed by atoms with Gasteiger partial charge in [-0.1, -0.05) is 44.7 Å². The van der Waals surface area contributed by atoms with Crippen molar-refractivity contribution < 1.29 is 4.74 Å². The number of benzene rings is 1. The Bertz CT molecular complexity index is 419. The Balaban J connectivity index is 2.35. The highest BCUT2D eigenvalue weighted by atomic mass is 16.5. The Morgan fingerprint density at radius 1 is 1.09 bits per heavy atom. The predicted octanol–water partition coefficient (Wildman–Crippen LogP) is 5.39. The molecule has 0 heterocycles. The molecule has 0 N–H and O–H groups in total. The zero-order chi connectivity index (χ0) is 16.4. The van der Waals surface area contributed by atoms with Crippen LogP contribution >= 0.6 is 0 Å². The molecule has 0 aliphatic carbocycles. The summed E-state index contributed by atoms with van der Waals surface area (Å²) in [6, 6.07) is 9.41. The lowest BCUT2D eigenvalue weighted by Gasteiger charge is -2.33. The van der Waals surface area contributed by atoms with Gasteiger partial charge in [-0.15, -0.1) is 0 Å². The van der Waals surface area contributed by atoms with E-state index in [9.17, 15) is 0 Å². The first-order chi connectivity index (χ1) is 10.6. The Hall–Kier alpha value is -1.28. The van der Waals surface area contributed by atoms with Crippen LogP contribution in [0.5, 0.6) is 5.75 Å². The largest absolute Gasteiger partial charge is 0.493 e. The summed E-state index contributed by atoms with van der Waals surface area (Å²) in [6.45, 7) is 15.0. The van der Waals surface area contributed by atoms with E-state index in [1.807, 2.05) is 30.3 Å². The van der Waals surface area contributed by atoms with Gasteiger partial charge in [0, 0.05) is 17.6 Å². The molecule has 1 rings (SSSR count). The highest BCUT2D eigenvalue weighted by Gasteiger charge is 2.16. The van der Waals surface area contributed by atoms with E-state index in [1.54, 1.807) is 0 Å². The number of unbranched alkanes of at least 4 members (excludes halogenated alkanes) is 1. The lowest BCUT2D eigenvalue weighted by molar-refractivity contribution is 0.140. The Kier molecular flexibility index (Phi) is 8.91. The van der Waals surface area contributed by atoms with Crippen molar-refractivity contribution in [3.8, 4) is 5.75 Å². The van der Waals surface area contributed by atoms with Gasteiger partial charge < -0.3 is 4.74 Å². The van der Waals surface area contributed by atoms with Gasteiger partial charge in [0.1, 0.15) is 5.75 Å². The molecule has 0 radical (unpaired) electrons. The van der Waals surface area contributed by atoms with Crippen molar-refractivity contribution >= 4 is 6.08 Å². The van der Waals surface area contributed by atoms with Crippen LogP contribution in [0.1, 0.15) is 58.9 Å². The van der Waals surface area contributed by atoms with E-state index in [-0.39, 0.29) is 0 Å². The molecule has 22 heavy (non-hydrogen) atoms. The lowest BCUT2D eigenvalue weighted by Crippen LogP contribution is -2.40. The molecule has 0 saturated heterocycles. The average Bonchev–Trinajstić information content (AvgIpc) is 2.57. The summed E-state index contributed by atoms with van der Waals surface area (Å²) < 4.78 is 5.89. The van der Waals surface area contributed by atoms with Crippen molar-refractivity contribution in [3.63, 3.8) is 0 Å². The molecule has 0 aromatic heterocycles. The molecule has 0 bridgehead atoms. The molecule has 0 amide bonds. The molecule has 0 spiro atoms. The monoisotopic (exact) mass is 303 g/mol. The number of nitrogens with zero attached hydrogens (tertiary/aromatic N) is 1. The van der Waals surface area contributed by atoms with Gasteiger partial charge in [0.05, 0.1) is 6.61 Å². The van der Waals surface area contributed by atoms with Crippen molar-refractivity contribution in [1.82, 2.24) is 4.90 Å². The van der Waals surface area contributed by atoms with Crippen molar-refractivity contribution in [3.05, 3.63) is 36.4 Å². The first-order valence-corrected chi connectivity index (χ1v) is 8.74. The number of rotatable bonds is 11. The molecule has 1 aromatic carbocycles. The highest BCUT2D eigenvalue weighted by molar-refractivity contribution is 5.55. The van der Waals surface area contributed by atoms with Crippen molar-refractivity contribution in [1.29, 1.82) is 0 Å². The van der Waals surface area contributed by atoms with Crippen LogP contribution in [0, 0.1) is 0 Å². The van der Waals surface area contributed by atoms with Crippen LogP contribution in [0.15, 0.2) is 30.8 Å². The Morgan fingerprint density at radius 2 is 1.73 bits per heavy atom. The number of ether oxygens (including phenoxy) is 1. The fourth-order valence-corrected chi connectivity index (χ4v) is 2.70. The minimum absolute atomic E-state index is 0.664. The third-order valence-electron chi connectivity index (χ3n) is 4.52. The Morgan fingerprint density at radius 3 is 2.32 bits per heavy atom. The summed E-state index contributed by atoms with van der Waals surface area (Å²) >= 11 is 0. The van der Waals surface area contributed by atoms with Gasteiger partial charge in [-0.2, -0.15) is 0 Å². The SMILES string of the molecule is C=Cc1ccccc1OCCCCN(C(C)CC)C(C)CC. The quantitative estimate of drug-likeness (QED) is 0.508. The molecule has 0 saturated carbocycles. The standard InChI is InChI=1S/C20H33NO/c1-6-17(4)21(18(5)7-2)15-11-12-16-22-20-14-10-9-13-19(20)8-3/h8-10,13-14,17-18H,3,6-7,11-12,15-16H2,1-2,4-5H3. The smallest absolute Gasteiger partial charge is 0.126 e. The van der Waals surface area contributed by atoms with Crippen LogP contribution < -0.4 is 4.74 Å². The zero-order valence-electron chi connectivity index (χ0n) is 14.8. The minimum Gasteiger partial charge on any atom is -0.493 e. The molecule has 2 heteroatoms. The molecular weight excluding hydrogens is 270 g/mol. The Labute approximate surface area is 137 Å². The van der Waals surface area contributed by atoms with E-state index >= 15 is 0 Å². The molecule has 2 unspecified atom stereocenters. The van der Waals surface area contributed by atoms with E-state index in [2.05, 4.69) is 39.2 Å². The topological polar surface area (TPSA) is 12.5 Å². The first kappa shape index (κ1) is 18.8. The maximum atomic E-state index is 5.89. The van der Waals surface area contributed by atoms with Crippen molar-refractivity contribution in [2.24, 2.45) is 0 Å². The maximum Gasteiger partial charge on any atom is 0.126 e. The van der Waals surface area contributed by atoms with Gasteiger partial charge in [-0.3, -0.25) is 4.90 Å². The van der Waals surface area contributed by atoms with Crippen LogP contribution in [0.2, 0.25) is 0 Å². The van der Waals surface area contributed by atoms with E-state index in [1.165, 1.54) is 19.3 Å². The second-order valence-corrected chi connectivity index (χ2v) is 6.05. The van der Waals surface area contributed by atoms with Gasteiger partial charge in [-0.25, -0.2) is 0 Å². The van der Waals surface area contributed by atoms with Crippen LogP contribution in [-0.2, 0) is 0 Å². The van der Waals surface area contributed by atoms with Crippen molar-refractivity contribution in [2.75, 3.05) is 13.2 Å². The maximum absolute atomic E-state index is 5.89. The summed E-state index contributed by atoms with van der Waals surface area (Å²) in [5, 5.41) is 0. The summed E-state index contributed by atoms with van der Waals surface area (Å²) in [5.41, 5.74) is 1.07. The number of hydrogen-bond donors (Lipinski definition) is 0. The molecule has 0 fully saturated rings. The van der Waals surface area contributed by atoms with Crippen LogP contribution in [0.25, 0.3) is 6.08 Å². The molecule has 0 aliphatic rings. The van der Waals surface area contributed by atoms with E-state index in [0.717, 1.165) is 30.9 Å². The fourth-order valence-electron chi connectivity index (χ4n) is 2.70. The average molecular weight is 303 g/mol. The fraction of sp³-hybridized carbons (Fsp3) is 0.600. The predicted molar refractivity (Wildman–Crippen MR) is 97.5 cm³/mol. The number of para-hydroxylation sites is 1. The first-order valence-electron chi connectivity index (χ1n) is 8.74. The third kappa shape index (κ3) is 5.84. The van der Waals surface area contributed by atoms with E-state index in [0.29, 0.717) is 12.1 Å². The molecule has 2 atom stereocenters. The highest BCUT2D eigenvalue weighted by Crippen LogP contribution is 2.19. The summed E-state index contributed by atoms with van der Waals surface area (Å²) in [7, 11) is 0. The van der Waals surface area contributed by atoms with E-state index < -0.39 is 0 Å². The van der Waals surface area contributed by atoms with Crippen LogP contribution in [0.3, 0.4) is 0 Å². The molecule has 1 aromatic rings. The van der Waals surface area contributed by atoms with Crippen LogP contribution in [0.4, 0.5) is 0 Å². The van der Waals surface area contributed by atoms with Gasteiger partial charge in [0.25, 0.3) is 0 Å². The van der Waals surface area contributed by atoms with E-state index in [4.69, 9.17) is 4.74 Å². The molecule has 124 valence electrons. The lowest BCUT2D eigenvalue weighted by atomic mass is 10.1. The second kappa shape index (κ2) is 10.4. The zero-order valence-corrected chi connectivity index (χ0v) is 14.8. The van der Waals surface area contributed by atoms with Gasteiger partial charge in [-0.05, 0) is 52.1 Å². The van der Waals surface area contributed by atoms with Gasteiger partial charge in [0.15, 0.2) is 0 Å². The normalized spacial score (nSPS) is 13.9. The summed E-state index contributed by atoms with van der Waals surface area (Å²) in [6.07, 6.45) is 6.56. The summed E-state index contributed by atoms with van der Waals surface area (Å²) in [5.74, 6) is 0.943. The molecule has 0 aliphatic heterocycles. The van der Waals surface area contributed by atoms with Gasteiger partial charge >= 0.3 is 0 Å². The molecule has 2 nitrogen and oxygen atoms in total.